The Bertz CT molecular complexity index is 1300. The maximum absolute atomic E-state index is 13.6. The van der Waals surface area contributed by atoms with E-state index in [2.05, 4.69) is 15.0 Å². The van der Waals surface area contributed by atoms with E-state index in [1.54, 1.807) is 36.7 Å². The molecule has 2 atom stereocenters. The van der Waals surface area contributed by atoms with Crippen LogP contribution < -0.4 is 4.90 Å². The molecule has 8 nitrogen and oxygen atoms in total. The SMILES string of the molecule is CN(Cc1cccc(F)c1)c1ncnc2c1ncn2C1CC[C@@H](COC(=O)c2ccccc2)O1. The number of carbonyl (C=O) groups is 1. The van der Waals surface area contributed by atoms with Crippen molar-refractivity contribution in [3.8, 4) is 0 Å². The van der Waals surface area contributed by atoms with E-state index in [1.165, 1.54) is 18.5 Å². The lowest BCUT2D eigenvalue weighted by Gasteiger charge is -2.19. The van der Waals surface area contributed by atoms with Gasteiger partial charge >= 0.3 is 5.97 Å². The van der Waals surface area contributed by atoms with Gasteiger partial charge in [-0.15, -0.1) is 0 Å². The Kier molecular flexibility index (Phi) is 6.18. The van der Waals surface area contributed by atoms with Gasteiger partial charge in [0.1, 0.15) is 25.0 Å². The Labute approximate surface area is 196 Å². The molecule has 1 unspecified atom stereocenters. The Morgan fingerprint density at radius 1 is 1.15 bits per heavy atom. The van der Waals surface area contributed by atoms with Crippen LogP contribution in [0.3, 0.4) is 0 Å². The van der Waals surface area contributed by atoms with Crippen molar-refractivity contribution in [3.63, 3.8) is 0 Å². The van der Waals surface area contributed by atoms with Crippen LogP contribution in [-0.4, -0.2) is 45.2 Å². The number of esters is 1. The lowest BCUT2D eigenvalue weighted by atomic mass is 10.2. The van der Waals surface area contributed by atoms with Crippen LogP contribution in [0.5, 0.6) is 0 Å². The number of anilines is 1. The summed E-state index contributed by atoms with van der Waals surface area (Å²) in [5.74, 6) is 0.0178. The lowest BCUT2D eigenvalue weighted by molar-refractivity contribution is -0.0309. The number of carbonyl (C=O) groups excluding carboxylic acids is 1. The molecule has 0 saturated carbocycles. The normalized spacial score (nSPS) is 17.7. The second kappa shape index (κ2) is 9.56. The maximum Gasteiger partial charge on any atom is 0.338 e. The first-order valence-electron chi connectivity index (χ1n) is 11.1. The highest BCUT2D eigenvalue weighted by Crippen LogP contribution is 2.32. The van der Waals surface area contributed by atoms with Crippen molar-refractivity contribution in [3.05, 3.63) is 84.2 Å². The zero-order valence-corrected chi connectivity index (χ0v) is 18.7. The zero-order valence-electron chi connectivity index (χ0n) is 18.7. The van der Waals surface area contributed by atoms with Gasteiger partial charge in [-0.3, -0.25) is 4.57 Å². The van der Waals surface area contributed by atoms with Crippen LogP contribution in [0.1, 0.15) is 35.0 Å². The van der Waals surface area contributed by atoms with E-state index in [0.717, 1.165) is 18.4 Å². The van der Waals surface area contributed by atoms with Gasteiger partial charge in [-0.1, -0.05) is 30.3 Å². The topological polar surface area (TPSA) is 82.4 Å². The van der Waals surface area contributed by atoms with Crippen LogP contribution in [0, 0.1) is 5.82 Å². The van der Waals surface area contributed by atoms with E-state index in [4.69, 9.17) is 9.47 Å². The lowest BCUT2D eigenvalue weighted by Crippen LogP contribution is -2.20. The highest BCUT2D eigenvalue weighted by molar-refractivity contribution is 5.89. The molecule has 4 aromatic rings. The third kappa shape index (κ3) is 4.60. The molecule has 34 heavy (non-hydrogen) atoms. The Morgan fingerprint density at radius 2 is 2.00 bits per heavy atom. The van der Waals surface area contributed by atoms with Crippen molar-refractivity contribution < 1.29 is 18.7 Å². The van der Waals surface area contributed by atoms with Gasteiger partial charge in [-0.25, -0.2) is 24.1 Å². The van der Waals surface area contributed by atoms with Gasteiger partial charge in [-0.05, 0) is 42.7 Å². The molecule has 0 spiro atoms. The summed E-state index contributed by atoms with van der Waals surface area (Å²) in [6.07, 6.45) is 4.23. The van der Waals surface area contributed by atoms with Gasteiger partial charge in [0.15, 0.2) is 17.0 Å². The van der Waals surface area contributed by atoms with Crippen molar-refractivity contribution >= 4 is 23.0 Å². The number of benzene rings is 2. The van der Waals surface area contributed by atoms with Gasteiger partial charge < -0.3 is 14.4 Å². The quantitative estimate of drug-likeness (QED) is 0.383. The summed E-state index contributed by atoms with van der Waals surface area (Å²) in [5.41, 5.74) is 2.65. The summed E-state index contributed by atoms with van der Waals surface area (Å²) in [7, 11) is 1.88. The fourth-order valence-corrected chi connectivity index (χ4v) is 4.15. The molecule has 0 radical (unpaired) electrons. The summed E-state index contributed by atoms with van der Waals surface area (Å²) < 4.78 is 27.0. The van der Waals surface area contributed by atoms with Crippen molar-refractivity contribution in [2.24, 2.45) is 0 Å². The van der Waals surface area contributed by atoms with Crippen LogP contribution in [0.25, 0.3) is 11.2 Å². The maximum atomic E-state index is 13.6. The summed E-state index contributed by atoms with van der Waals surface area (Å²) in [5, 5.41) is 0. The Morgan fingerprint density at radius 3 is 2.82 bits per heavy atom. The first-order chi connectivity index (χ1) is 16.6. The minimum absolute atomic E-state index is 0.188. The number of nitrogens with zero attached hydrogens (tertiary/aromatic N) is 5. The Hall–Kier alpha value is -3.85. The monoisotopic (exact) mass is 461 g/mol. The highest BCUT2D eigenvalue weighted by Gasteiger charge is 2.29. The van der Waals surface area contributed by atoms with Crippen molar-refractivity contribution in [1.82, 2.24) is 19.5 Å². The smallest absolute Gasteiger partial charge is 0.338 e. The van der Waals surface area contributed by atoms with E-state index in [9.17, 15) is 9.18 Å². The minimum atomic E-state index is -0.362. The van der Waals surface area contributed by atoms with E-state index in [1.807, 2.05) is 28.6 Å². The molecule has 0 bridgehead atoms. The first kappa shape index (κ1) is 22.0. The third-order valence-electron chi connectivity index (χ3n) is 5.81. The number of imidazole rings is 1. The van der Waals surface area contributed by atoms with E-state index >= 15 is 0 Å². The van der Waals surface area contributed by atoms with Crippen LogP contribution in [0.15, 0.2) is 67.3 Å². The summed E-state index contributed by atoms with van der Waals surface area (Å²) >= 11 is 0. The molecule has 1 fully saturated rings. The fourth-order valence-electron chi connectivity index (χ4n) is 4.15. The number of fused-ring (bicyclic) bond motifs is 1. The van der Waals surface area contributed by atoms with Gasteiger partial charge in [0, 0.05) is 13.6 Å². The van der Waals surface area contributed by atoms with Crippen molar-refractivity contribution in [2.75, 3.05) is 18.6 Å². The number of ether oxygens (including phenoxy) is 2. The largest absolute Gasteiger partial charge is 0.459 e. The molecule has 2 aromatic carbocycles. The molecule has 174 valence electrons. The molecule has 0 aliphatic carbocycles. The highest BCUT2D eigenvalue weighted by atomic mass is 19.1. The van der Waals surface area contributed by atoms with Crippen LogP contribution in [0.4, 0.5) is 10.2 Å². The molecule has 3 heterocycles. The number of aromatic nitrogens is 4. The third-order valence-corrected chi connectivity index (χ3v) is 5.81. The predicted octanol–water partition coefficient (Wildman–Crippen LogP) is 4.14. The molecule has 1 aliphatic rings. The number of hydrogen-bond acceptors (Lipinski definition) is 7. The van der Waals surface area contributed by atoms with Gasteiger partial charge in [0.25, 0.3) is 0 Å². The summed E-state index contributed by atoms with van der Waals surface area (Å²) in [4.78, 5) is 27.5. The average Bonchev–Trinajstić information content (AvgIpc) is 3.50. The first-order valence-corrected chi connectivity index (χ1v) is 11.1. The van der Waals surface area contributed by atoms with E-state index in [-0.39, 0.29) is 30.7 Å². The summed E-state index contributed by atoms with van der Waals surface area (Å²) in [6, 6.07) is 15.4. The zero-order chi connectivity index (χ0) is 23.5. The Balaban J connectivity index is 1.26. The fraction of sp³-hybridized carbons (Fsp3) is 0.280. The molecule has 5 rings (SSSR count). The molecular weight excluding hydrogens is 437 g/mol. The van der Waals surface area contributed by atoms with Gasteiger partial charge in [-0.2, -0.15) is 0 Å². The molecular formula is C25H24FN5O3. The standard InChI is InChI=1S/C25H24FN5O3/c1-30(13-17-6-5-9-19(26)12-17)23-22-24(28-15-27-23)31(16-29-22)21-11-10-20(34-21)14-33-25(32)18-7-3-2-4-8-18/h2-9,12,15-16,20-21H,10-11,13-14H2,1H3/t20-,21?/m0/s1. The van der Waals surface area contributed by atoms with Crippen molar-refractivity contribution in [2.45, 2.75) is 31.7 Å². The molecule has 0 N–H and O–H groups in total. The second-order valence-electron chi connectivity index (χ2n) is 8.26. The van der Waals surface area contributed by atoms with E-state index < -0.39 is 0 Å². The predicted molar refractivity (Wildman–Crippen MR) is 124 cm³/mol. The number of halogens is 1. The average molecular weight is 461 g/mol. The molecule has 1 saturated heterocycles. The minimum Gasteiger partial charge on any atom is -0.459 e. The summed E-state index contributed by atoms with van der Waals surface area (Å²) in [6.45, 7) is 0.666. The van der Waals surface area contributed by atoms with Crippen LogP contribution >= 0.6 is 0 Å². The van der Waals surface area contributed by atoms with E-state index in [0.29, 0.717) is 29.1 Å². The molecule has 1 aliphatic heterocycles. The molecule has 0 amide bonds. The number of hydrogen-bond donors (Lipinski definition) is 0. The van der Waals surface area contributed by atoms with Gasteiger partial charge in [0.2, 0.25) is 0 Å². The van der Waals surface area contributed by atoms with Crippen molar-refractivity contribution in [1.29, 1.82) is 0 Å². The molecule has 9 heteroatoms. The second-order valence-corrected chi connectivity index (χ2v) is 8.26. The van der Waals surface area contributed by atoms with Crippen LogP contribution in [-0.2, 0) is 16.0 Å². The van der Waals surface area contributed by atoms with Crippen LogP contribution in [0.2, 0.25) is 0 Å². The number of rotatable bonds is 7. The molecule has 2 aromatic heterocycles. The van der Waals surface area contributed by atoms with Gasteiger partial charge in [0.05, 0.1) is 18.0 Å².